The van der Waals surface area contributed by atoms with Crippen LogP contribution in [-0.2, 0) is 14.4 Å². The number of aliphatic carboxylic acids is 1. The smallest absolute Gasteiger partial charge is 0.323 e. The van der Waals surface area contributed by atoms with Gasteiger partial charge < -0.3 is 35.8 Å². The van der Waals surface area contributed by atoms with E-state index >= 15 is 0 Å². The van der Waals surface area contributed by atoms with Crippen LogP contribution in [0.25, 0.3) is 0 Å². The SMILES string of the molecule is COc1ccc([C@H](CC(=O)O)NC(=O)C(CC(=O)Nc2ccc(NC(=O)Nc3ccccc3C)cn2)CC(C)C)cc1OC. The van der Waals surface area contributed by atoms with Crippen LogP contribution in [0.5, 0.6) is 11.5 Å². The number of urea groups is 1. The molecule has 0 radical (unpaired) electrons. The summed E-state index contributed by atoms with van der Waals surface area (Å²) >= 11 is 0. The highest BCUT2D eigenvalue weighted by Crippen LogP contribution is 2.31. The first-order valence-corrected chi connectivity index (χ1v) is 14.1. The summed E-state index contributed by atoms with van der Waals surface area (Å²) in [6, 6.07) is 14.1. The van der Waals surface area contributed by atoms with Gasteiger partial charge in [0.15, 0.2) is 11.5 Å². The maximum atomic E-state index is 13.4. The molecule has 5 N–H and O–H groups in total. The average Bonchev–Trinajstić information content (AvgIpc) is 2.97. The molecule has 0 saturated heterocycles. The van der Waals surface area contributed by atoms with Crippen LogP contribution < -0.4 is 30.7 Å². The van der Waals surface area contributed by atoms with Gasteiger partial charge in [0.05, 0.1) is 38.6 Å². The van der Waals surface area contributed by atoms with Crippen LogP contribution in [-0.4, -0.2) is 48.1 Å². The molecule has 12 nitrogen and oxygen atoms in total. The molecule has 0 fully saturated rings. The van der Waals surface area contributed by atoms with Gasteiger partial charge >= 0.3 is 12.0 Å². The van der Waals surface area contributed by atoms with Crippen molar-refractivity contribution in [3.05, 3.63) is 71.9 Å². The number of aryl methyl sites for hydroxylation is 1. The number of para-hydroxylation sites is 1. The first-order valence-electron chi connectivity index (χ1n) is 14.1. The van der Waals surface area contributed by atoms with Gasteiger partial charge in [0.1, 0.15) is 5.82 Å². The molecule has 2 aromatic carbocycles. The third kappa shape index (κ3) is 10.0. The van der Waals surface area contributed by atoms with E-state index in [1.807, 2.05) is 39.0 Å². The Balaban J connectivity index is 1.64. The number of anilines is 3. The number of nitrogens with one attached hydrogen (secondary N) is 4. The lowest BCUT2D eigenvalue weighted by Crippen LogP contribution is -2.37. The summed E-state index contributed by atoms with van der Waals surface area (Å²) in [5, 5.41) is 20.5. The highest BCUT2D eigenvalue weighted by Gasteiger charge is 2.27. The zero-order chi connectivity index (χ0) is 32.2. The normalized spacial score (nSPS) is 12.0. The third-order valence-electron chi connectivity index (χ3n) is 6.75. The van der Waals surface area contributed by atoms with Crippen molar-refractivity contribution in [3.63, 3.8) is 0 Å². The Kier molecular flexibility index (Phi) is 12.1. The Bertz CT molecular complexity index is 1460. The number of hydrogen-bond acceptors (Lipinski definition) is 7. The molecule has 0 spiro atoms. The minimum Gasteiger partial charge on any atom is -0.493 e. The minimum absolute atomic E-state index is 0.0897. The fourth-order valence-electron chi connectivity index (χ4n) is 4.60. The molecule has 3 rings (SSSR count). The molecule has 1 heterocycles. The van der Waals surface area contributed by atoms with Crippen molar-refractivity contribution in [2.24, 2.45) is 11.8 Å². The van der Waals surface area contributed by atoms with Crippen LogP contribution in [0.4, 0.5) is 22.0 Å². The Hall–Kier alpha value is -5.13. The number of carbonyl (C=O) groups is 4. The number of carboxylic acid groups (broad SMARTS) is 1. The molecule has 0 bridgehead atoms. The van der Waals surface area contributed by atoms with Crippen LogP contribution in [0.15, 0.2) is 60.8 Å². The number of pyridine rings is 1. The molecule has 44 heavy (non-hydrogen) atoms. The fourth-order valence-corrected chi connectivity index (χ4v) is 4.60. The molecule has 0 saturated carbocycles. The summed E-state index contributed by atoms with van der Waals surface area (Å²) in [6.07, 6.45) is 1.30. The quantitative estimate of drug-likeness (QED) is 0.163. The summed E-state index contributed by atoms with van der Waals surface area (Å²) in [6.45, 7) is 5.75. The van der Waals surface area contributed by atoms with Gasteiger partial charge in [-0.25, -0.2) is 9.78 Å². The van der Waals surface area contributed by atoms with Crippen molar-refractivity contribution >= 4 is 41.0 Å². The minimum atomic E-state index is -1.10. The molecule has 0 aliphatic rings. The number of amides is 4. The van der Waals surface area contributed by atoms with Gasteiger partial charge in [-0.05, 0) is 60.7 Å². The van der Waals surface area contributed by atoms with Crippen molar-refractivity contribution in [2.45, 2.75) is 46.1 Å². The van der Waals surface area contributed by atoms with Crippen molar-refractivity contribution in [1.29, 1.82) is 0 Å². The van der Waals surface area contributed by atoms with Gasteiger partial charge in [-0.2, -0.15) is 0 Å². The van der Waals surface area contributed by atoms with Gasteiger partial charge in [-0.15, -0.1) is 0 Å². The Morgan fingerprint density at radius 1 is 0.886 bits per heavy atom. The molecule has 1 unspecified atom stereocenters. The lowest BCUT2D eigenvalue weighted by atomic mass is 9.92. The predicted molar refractivity (Wildman–Crippen MR) is 167 cm³/mol. The number of carboxylic acids is 1. The van der Waals surface area contributed by atoms with Crippen molar-refractivity contribution in [1.82, 2.24) is 10.3 Å². The van der Waals surface area contributed by atoms with E-state index in [1.54, 1.807) is 36.4 Å². The summed E-state index contributed by atoms with van der Waals surface area (Å²) in [7, 11) is 2.95. The third-order valence-corrected chi connectivity index (χ3v) is 6.75. The summed E-state index contributed by atoms with van der Waals surface area (Å²) in [5.74, 6) is -1.50. The topological polar surface area (TPSA) is 168 Å². The number of nitrogens with zero attached hydrogens (tertiary/aromatic N) is 1. The van der Waals surface area contributed by atoms with E-state index in [9.17, 15) is 24.3 Å². The average molecular weight is 606 g/mol. The van der Waals surface area contributed by atoms with Gasteiger partial charge in [-0.3, -0.25) is 14.4 Å². The van der Waals surface area contributed by atoms with E-state index in [4.69, 9.17) is 9.47 Å². The zero-order valence-electron chi connectivity index (χ0n) is 25.5. The lowest BCUT2D eigenvalue weighted by Gasteiger charge is -2.23. The van der Waals surface area contributed by atoms with Crippen LogP contribution in [0.1, 0.15) is 50.3 Å². The summed E-state index contributed by atoms with van der Waals surface area (Å²) in [5.41, 5.74) is 2.55. The molecule has 3 aromatic rings. The molecule has 12 heteroatoms. The van der Waals surface area contributed by atoms with Crippen molar-refractivity contribution in [2.75, 3.05) is 30.2 Å². The van der Waals surface area contributed by atoms with Crippen LogP contribution >= 0.6 is 0 Å². The molecule has 0 aliphatic heterocycles. The maximum Gasteiger partial charge on any atom is 0.323 e. The summed E-state index contributed by atoms with van der Waals surface area (Å²) in [4.78, 5) is 54.6. The number of methoxy groups -OCH3 is 2. The van der Waals surface area contributed by atoms with Crippen molar-refractivity contribution in [3.8, 4) is 11.5 Å². The van der Waals surface area contributed by atoms with Crippen LogP contribution in [0.3, 0.4) is 0 Å². The molecule has 2 atom stereocenters. The second-order valence-corrected chi connectivity index (χ2v) is 10.7. The molecule has 234 valence electrons. The van der Waals surface area contributed by atoms with E-state index in [2.05, 4.69) is 26.3 Å². The van der Waals surface area contributed by atoms with E-state index in [1.165, 1.54) is 20.4 Å². The van der Waals surface area contributed by atoms with E-state index in [0.29, 0.717) is 34.9 Å². The number of carbonyl (C=O) groups excluding carboxylic acids is 3. The highest BCUT2D eigenvalue weighted by molar-refractivity contribution is 6.00. The molecule has 0 aliphatic carbocycles. The largest absolute Gasteiger partial charge is 0.493 e. The van der Waals surface area contributed by atoms with E-state index < -0.39 is 35.8 Å². The lowest BCUT2D eigenvalue weighted by molar-refractivity contribution is -0.138. The fraction of sp³-hybridized carbons (Fsp3) is 0.344. The Labute approximate surface area is 256 Å². The van der Waals surface area contributed by atoms with Gasteiger partial charge in [0.25, 0.3) is 0 Å². The monoisotopic (exact) mass is 605 g/mol. The molecular formula is C32H39N5O7. The Morgan fingerprint density at radius 3 is 2.23 bits per heavy atom. The van der Waals surface area contributed by atoms with E-state index in [0.717, 1.165) is 5.56 Å². The number of rotatable bonds is 14. The summed E-state index contributed by atoms with van der Waals surface area (Å²) < 4.78 is 10.6. The van der Waals surface area contributed by atoms with Gasteiger partial charge in [-0.1, -0.05) is 38.1 Å². The first-order chi connectivity index (χ1) is 21.0. The predicted octanol–water partition coefficient (Wildman–Crippen LogP) is 5.37. The second-order valence-electron chi connectivity index (χ2n) is 10.7. The standard InChI is InChI=1S/C32H39N5O7/c1-19(2)14-22(31(41)35-25(17-30(39)40)21-10-12-26(43-4)27(15-21)44-5)16-29(38)37-28-13-11-23(18-33-28)34-32(42)36-24-9-7-6-8-20(24)3/h6-13,15,18-19,22,25H,14,16-17H2,1-5H3,(H,35,41)(H,39,40)(H,33,37,38)(H2,34,36,42)/t22?,25-/m0/s1. The van der Waals surface area contributed by atoms with E-state index in [-0.39, 0.29) is 24.6 Å². The molecule has 4 amide bonds. The number of ether oxygens (including phenoxy) is 2. The first kappa shape index (κ1) is 33.4. The number of aromatic nitrogens is 1. The highest BCUT2D eigenvalue weighted by atomic mass is 16.5. The van der Waals surface area contributed by atoms with Crippen LogP contribution in [0.2, 0.25) is 0 Å². The van der Waals surface area contributed by atoms with Gasteiger partial charge in [0.2, 0.25) is 11.8 Å². The number of hydrogen-bond donors (Lipinski definition) is 5. The second kappa shape index (κ2) is 15.9. The Morgan fingerprint density at radius 2 is 1.61 bits per heavy atom. The molecule has 1 aromatic heterocycles. The molecular weight excluding hydrogens is 566 g/mol. The zero-order valence-corrected chi connectivity index (χ0v) is 25.5. The van der Waals surface area contributed by atoms with Gasteiger partial charge in [0, 0.05) is 18.0 Å². The van der Waals surface area contributed by atoms with Crippen LogP contribution in [0, 0.1) is 18.8 Å². The number of benzene rings is 2. The maximum absolute atomic E-state index is 13.4. The van der Waals surface area contributed by atoms with Crippen molar-refractivity contribution < 1.29 is 33.8 Å².